The zero-order valence-corrected chi connectivity index (χ0v) is 22.2. The molecule has 0 aliphatic heterocycles. The second-order valence-corrected chi connectivity index (χ2v) is 9.63. The van der Waals surface area contributed by atoms with Crippen LogP contribution in [0.5, 0.6) is 5.75 Å². The van der Waals surface area contributed by atoms with Crippen molar-refractivity contribution < 1.29 is 9.13 Å². The van der Waals surface area contributed by atoms with Gasteiger partial charge in [0.2, 0.25) is 0 Å². The average molecular weight is 559 g/mol. The van der Waals surface area contributed by atoms with Crippen molar-refractivity contribution in [2.45, 2.75) is 27.4 Å². The molecule has 0 aliphatic rings. The van der Waals surface area contributed by atoms with Crippen LogP contribution in [0.1, 0.15) is 28.3 Å². The van der Waals surface area contributed by atoms with E-state index in [9.17, 15) is 9.18 Å². The predicted molar refractivity (Wildman–Crippen MR) is 147 cm³/mol. The molecule has 0 amide bonds. The Hall–Kier alpha value is -4.04. The summed E-state index contributed by atoms with van der Waals surface area (Å²) in [6, 6.07) is 21.7. The van der Waals surface area contributed by atoms with E-state index >= 15 is 0 Å². The minimum absolute atomic E-state index is 0.160. The van der Waals surface area contributed by atoms with Gasteiger partial charge in [-0.3, -0.25) is 4.79 Å². The fourth-order valence-corrected chi connectivity index (χ4v) is 4.66. The van der Waals surface area contributed by atoms with Crippen LogP contribution in [0, 0.1) is 26.6 Å². The minimum Gasteiger partial charge on any atom is -0.489 e. The third-order valence-corrected chi connectivity index (χ3v) is 6.69. The number of halogens is 2. The number of hydrogen-bond acceptors (Lipinski definition) is 4. The van der Waals surface area contributed by atoms with Crippen molar-refractivity contribution in [1.29, 1.82) is 0 Å². The molecule has 186 valence electrons. The second-order valence-electron chi connectivity index (χ2n) is 8.72. The Morgan fingerprint density at radius 1 is 1.03 bits per heavy atom. The molecule has 0 radical (unpaired) electrons. The van der Waals surface area contributed by atoms with Crippen molar-refractivity contribution in [3.05, 3.63) is 122 Å². The Balaban J connectivity index is 1.39. The standard InChI is InChI=1S/C29H24BrFN4O2/c1-18-14-22(16-32-35-20(3)33-28-13-8-23(30)15-26(28)29(35)36)19(2)34(18)24-9-11-25(12-10-24)37-17-21-6-4-5-7-27(21)31/h4-16H,17H2,1-3H3. The maximum absolute atomic E-state index is 13.9. The van der Waals surface area contributed by atoms with Gasteiger partial charge in [-0.25, -0.2) is 9.37 Å². The molecule has 0 saturated heterocycles. The lowest BCUT2D eigenvalue weighted by molar-refractivity contribution is 0.300. The molecule has 6 nitrogen and oxygen atoms in total. The van der Waals surface area contributed by atoms with Crippen LogP contribution >= 0.6 is 15.9 Å². The third-order valence-electron chi connectivity index (χ3n) is 6.20. The smallest absolute Gasteiger partial charge is 0.282 e. The quantitative estimate of drug-likeness (QED) is 0.224. The first kappa shape index (κ1) is 24.6. The van der Waals surface area contributed by atoms with E-state index in [2.05, 4.69) is 30.6 Å². The van der Waals surface area contributed by atoms with Gasteiger partial charge in [0.15, 0.2) is 0 Å². The Labute approximate surface area is 221 Å². The summed E-state index contributed by atoms with van der Waals surface area (Å²) in [4.78, 5) is 17.6. The van der Waals surface area contributed by atoms with Gasteiger partial charge in [-0.15, -0.1) is 0 Å². The molecular formula is C29H24BrFN4O2. The third kappa shape index (κ3) is 4.97. The SMILES string of the molecule is Cc1cc(C=Nn2c(C)nc3ccc(Br)cc3c2=O)c(C)n1-c1ccc(OCc2ccccc2F)cc1. The van der Waals surface area contributed by atoms with E-state index in [1.165, 1.54) is 10.7 Å². The van der Waals surface area contributed by atoms with Crippen molar-refractivity contribution in [3.8, 4) is 11.4 Å². The number of nitrogens with zero attached hydrogens (tertiary/aromatic N) is 4. The summed E-state index contributed by atoms with van der Waals surface area (Å²) in [6.45, 7) is 5.94. The summed E-state index contributed by atoms with van der Waals surface area (Å²) >= 11 is 3.41. The van der Waals surface area contributed by atoms with Crippen molar-refractivity contribution in [1.82, 2.24) is 14.2 Å². The van der Waals surface area contributed by atoms with E-state index in [0.717, 1.165) is 27.1 Å². The van der Waals surface area contributed by atoms with Crippen LogP contribution in [-0.4, -0.2) is 20.4 Å². The molecule has 0 fully saturated rings. The topological polar surface area (TPSA) is 61.4 Å². The predicted octanol–water partition coefficient (Wildman–Crippen LogP) is 6.48. The monoisotopic (exact) mass is 558 g/mol. The summed E-state index contributed by atoms with van der Waals surface area (Å²) in [5, 5.41) is 4.98. The van der Waals surface area contributed by atoms with E-state index in [-0.39, 0.29) is 18.0 Å². The number of benzene rings is 3. The number of aromatic nitrogens is 3. The molecule has 0 atom stereocenters. The van der Waals surface area contributed by atoms with E-state index < -0.39 is 0 Å². The van der Waals surface area contributed by atoms with Crippen molar-refractivity contribution in [3.63, 3.8) is 0 Å². The molecule has 5 aromatic rings. The Morgan fingerprint density at radius 3 is 2.54 bits per heavy atom. The molecule has 5 rings (SSSR count). The second kappa shape index (κ2) is 10.1. The number of rotatable bonds is 6. The van der Waals surface area contributed by atoms with E-state index in [1.54, 1.807) is 37.4 Å². The number of fused-ring (bicyclic) bond motifs is 1. The lowest BCUT2D eigenvalue weighted by Gasteiger charge is -2.12. The van der Waals surface area contributed by atoms with Gasteiger partial charge >= 0.3 is 0 Å². The number of hydrogen-bond donors (Lipinski definition) is 0. The minimum atomic E-state index is -0.281. The summed E-state index contributed by atoms with van der Waals surface area (Å²) in [5.74, 6) is 0.883. The lowest BCUT2D eigenvalue weighted by atomic mass is 10.2. The highest BCUT2D eigenvalue weighted by Crippen LogP contribution is 2.23. The van der Waals surface area contributed by atoms with Crippen LogP contribution in [0.2, 0.25) is 0 Å². The molecular weight excluding hydrogens is 535 g/mol. The zero-order chi connectivity index (χ0) is 26.1. The highest BCUT2D eigenvalue weighted by atomic mass is 79.9. The van der Waals surface area contributed by atoms with Crippen LogP contribution in [0.4, 0.5) is 4.39 Å². The van der Waals surface area contributed by atoms with Gasteiger partial charge in [0.1, 0.15) is 24.0 Å². The normalized spacial score (nSPS) is 11.5. The molecule has 2 heterocycles. The maximum atomic E-state index is 13.9. The number of ether oxygens (including phenoxy) is 1. The summed E-state index contributed by atoms with van der Waals surface area (Å²) < 4.78 is 23.9. The fraction of sp³-hybridized carbons (Fsp3) is 0.138. The zero-order valence-electron chi connectivity index (χ0n) is 20.6. The van der Waals surface area contributed by atoms with E-state index in [4.69, 9.17) is 4.74 Å². The van der Waals surface area contributed by atoms with Gasteiger partial charge < -0.3 is 9.30 Å². The average Bonchev–Trinajstić information content (AvgIpc) is 3.17. The molecule has 0 bridgehead atoms. The number of aryl methyl sites for hydroxylation is 2. The Morgan fingerprint density at radius 2 is 1.78 bits per heavy atom. The molecule has 0 saturated carbocycles. The van der Waals surface area contributed by atoms with Gasteiger partial charge in [0, 0.05) is 32.7 Å². The lowest BCUT2D eigenvalue weighted by Crippen LogP contribution is -2.20. The molecule has 0 N–H and O–H groups in total. The van der Waals surface area contributed by atoms with Crippen LogP contribution in [0.3, 0.4) is 0 Å². The first-order valence-electron chi connectivity index (χ1n) is 11.7. The largest absolute Gasteiger partial charge is 0.489 e. The van der Waals surface area contributed by atoms with Crippen LogP contribution in [0.15, 0.2) is 87.2 Å². The van der Waals surface area contributed by atoms with E-state index in [0.29, 0.717) is 28.0 Å². The molecule has 0 unspecified atom stereocenters. The molecule has 0 aliphatic carbocycles. The highest BCUT2D eigenvalue weighted by Gasteiger charge is 2.12. The first-order chi connectivity index (χ1) is 17.8. The van der Waals surface area contributed by atoms with Gasteiger partial charge in [0.25, 0.3) is 5.56 Å². The van der Waals surface area contributed by atoms with E-state index in [1.807, 2.05) is 56.3 Å². The Bertz CT molecular complexity index is 1700. The fourth-order valence-electron chi connectivity index (χ4n) is 4.30. The van der Waals surface area contributed by atoms with Crippen molar-refractivity contribution in [2.24, 2.45) is 5.10 Å². The van der Waals surface area contributed by atoms with Crippen LogP contribution < -0.4 is 10.3 Å². The molecule has 3 aromatic carbocycles. The summed E-state index contributed by atoms with van der Waals surface area (Å²) in [5.41, 5.74) is 4.76. The molecule has 8 heteroatoms. The Kier molecular flexibility index (Phi) is 6.76. The maximum Gasteiger partial charge on any atom is 0.282 e. The highest BCUT2D eigenvalue weighted by molar-refractivity contribution is 9.10. The first-order valence-corrected chi connectivity index (χ1v) is 12.5. The van der Waals surface area contributed by atoms with Gasteiger partial charge in [-0.2, -0.15) is 9.78 Å². The molecule has 2 aromatic heterocycles. The van der Waals surface area contributed by atoms with Crippen molar-refractivity contribution >= 4 is 33.0 Å². The van der Waals surface area contributed by atoms with Crippen molar-refractivity contribution in [2.75, 3.05) is 0 Å². The molecule has 0 spiro atoms. The van der Waals surface area contributed by atoms with Crippen LogP contribution in [-0.2, 0) is 6.61 Å². The molecule has 37 heavy (non-hydrogen) atoms. The summed E-state index contributed by atoms with van der Waals surface area (Å²) in [7, 11) is 0. The summed E-state index contributed by atoms with van der Waals surface area (Å²) in [6.07, 6.45) is 1.69. The van der Waals surface area contributed by atoms with Gasteiger partial charge in [-0.1, -0.05) is 34.1 Å². The van der Waals surface area contributed by atoms with Gasteiger partial charge in [0.05, 0.1) is 17.1 Å². The van der Waals surface area contributed by atoms with Crippen LogP contribution in [0.25, 0.3) is 16.6 Å². The van der Waals surface area contributed by atoms with Gasteiger partial charge in [-0.05, 0) is 75.4 Å².